The van der Waals surface area contributed by atoms with Crippen molar-refractivity contribution in [3.63, 3.8) is 0 Å². The van der Waals surface area contributed by atoms with Crippen molar-refractivity contribution < 1.29 is 14.7 Å². The molecule has 3 atom stereocenters. The summed E-state index contributed by atoms with van der Waals surface area (Å²) in [4.78, 5) is 32.8. The normalized spacial score (nSPS) is 18.6. The highest BCUT2D eigenvalue weighted by molar-refractivity contribution is 5.96. The molecule has 2 aromatic rings. The zero-order valence-electron chi connectivity index (χ0n) is 22.0. The maximum absolute atomic E-state index is 13.5. The minimum absolute atomic E-state index is 0.0695. The van der Waals surface area contributed by atoms with Gasteiger partial charge in [-0.3, -0.25) is 14.6 Å². The number of aromatic nitrogens is 1. The third-order valence-corrected chi connectivity index (χ3v) is 6.99. The molecule has 1 aliphatic carbocycles. The van der Waals surface area contributed by atoms with E-state index < -0.39 is 23.3 Å². The number of carbonyl (C=O) groups is 2. The zero-order valence-corrected chi connectivity index (χ0v) is 22.0. The Kier molecular flexibility index (Phi) is 10.6. The van der Waals surface area contributed by atoms with Crippen LogP contribution in [0.5, 0.6) is 0 Å². The molecule has 1 aliphatic rings. The molecule has 1 aromatic heterocycles. The highest BCUT2D eigenvalue weighted by Gasteiger charge is 2.47. The fraction of sp³-hybridized carbons (Fsp3) is 0.433. The van der Waals surface area contributed by atoms with Gasteiger partial charge >= 0.3 is 0 Å². The van der Waals surface area contributed by atoms with E-state index in [-0.39, 0.29) is 18.9 Å². The maximum atomic E-state index is 13.5. The average Bonchev–Trinajstić information content (AvgIpc) is 2.92. The second kappa shape index (κ2) is 13.9. The smallest absolute Gasteiger partial charge is 0.249 e. The molecule has 7 nitrogen and oxygen atoms in total. The number of nitrogens with zero attached hydrogens (tertiary/aromatic N) is 2. The van der Waals surface area contributed by atoms with E-state index in [2.05, 4.69) is 10.3 Å². The van der Waals surface area contributed by atoms with E-state index in [0.29, 0.717) is 31.6 Å². The van der Waals surface area contributed by atoms with E-state index in [1.165, 1.54) is 0 Å². The molecule has 0 fully saturated rings. The van der Waals surface area contributed by atoms with E-state index in [9.17, 15) is 14.7 Å². The van der Waals surface area contributed by atoms with E-state index in [0.717, 1.165) is 24.1 Å². The minimum Gasteiger partial charge on any atom is -0.391 e. The highest BCUT2D eigenvalue weighted by atomic mass is 16.3. The molecular weight excluding hydrogens is 464 g/mol. The van der Waals surface area contributed by atoms with E-state index in [1.54, 1.807) is 24.4 Å². The van der Waals surface area contributed by atoms with Crippen LogP contribution < -0.4 is 11.1 Å². The Hall–Kier alpha value is -3.29. The summed E-state index contributed by atoms with van der Waals surface area (Å²) >= 11 is 0. The molecule has 37 heavy (non-hydrogen) atoms. The molecular formula is C30H40N4O3. The van der Waals surface area contributed by atoms with Gasteiger partial charge in [0.1, 0.15) is 0 Å². The van der Waals surface area contributed by atoms with Crippen molar-refractivity contribution >= 4 is 11.8 Å². The van der Waals surface area contributed by atoms with Gasteiger partial charge < -0.3 is 21.1 Å². The third-order valence-electron chi connectivity index (χ3n) is 6.99. The predicted molar refractivity (Wildman–Crippen MR) is 146 cm³/mol. The largest absolute Gasteiger partial charge is 0.391 e. The number of hydrogen-bond donors (Lipinski definition) is 3. The second-order valence-corrected chi connectivity index (χ2v) is 9.74. The lowest BCUT2D eigenvalue weighted by Gasteiger charge is -2.41. The molecule has 2 amide bonds. The number of allylic oxidation sites excluding steroid dienone is 2. The van der Waals surface area contributed by atoms with Crippen LogP contribution in [-0.2, 0) is 22.6 Å². The molecule has 3 rings (SSSR count). The van der Waals surface area contributed by atoms with Crippen molar-refractivity contribution in [1.29, 1.82) is 0 Å². The van der Waals surface area contributed by atoms with E-state index in [1.807, 2.05) is 67.3 Å². The van der Waals surface area contributed by atoms with Crippen LogP contribution in [0.3, 0.4) is 0 Å². The van der Waals surface area contributed by atoms with E-state index >= 15 is 0 Å². The van der Waals surface area contributed by atoms with Crippen molar-refractivity contribution in [2.24, 2.45) is 17.1 Å². The molecule has 1 heterocycles. The number of hydrogen-bond acceptors (Lipinski definition) is 5. The lowest BCUT2D eigenvalue weighted by Crippen LogP contribution is -2.51. The van der Waals surface area contributed by atoms with Gasteiger partial charge in [-0.15, -0.1) is 0 Å². The standard InChI is InChI=1S/C30H40N4O3/c1-3-17-34(18-4-2)28(36)24-13-10-15-30(20-24,29(31)37)26(19-23-11-6-5-7-12-23)27(35)22-32-21-25-14-8-9-16-33-25/h5-16,26-27,32,35H,3-4,17-22H2,1-2H3,(H2,31,37)/t26-,27+,30?/m1/s1. The molecule has 1 aromatic carbocycles. The van der Waals surface area contributed by atoms with Crippen molar-refractivity contribution in [3.8, 4) is 0 Å². The molecule has 0 aliphatic heterocycles. The number of nitrogens with one attached hydrogen (secondary N) is 1. The quantitative estimate of drug-likeness (QED) is 0.365. The van der Waals surface area contributed by atoms with Crippen LogP contribution in [0, 0.1) is 11.3 Å². The number of nitrogens with two attached hydrogens (primary N) is 1. The summed E-state index contributed by atoms with van der Waals surface area (Å²) in [5, 5.41) is 14.7. The summed E-state index contributed by atoms with van der Waals surface area (Å²) in [6, 6.07) is 15.5. The van der Waals surface area contributed by atoms with Gasteiger partial charge in [0.15, 0.2) is 0 Å². The van der Waals surface area contributed by atoms with Crippen molar-refractivity contribution in [3.05, 3.63) is 89.8 Å². The number of pyridine rings is 1. The second-order valence-electron chi connectivity index (χ2n) is 9.74. The van der Waals surface area contributed by atoms with Gasteiger partial charge in [-0.25, -0.2) is 0 Å². The van der Waals surface area contributed by atoms with Crippen molar-refractivity contribution in [2.45, 2.75) is 52.2 Å². The van der Waals surface area contributed by atoms with E-state index in [4.69, 9.17) is 5.73 Å². The summed E-state index contributed by atoms with van der Waals surface area (Å²) in [5.74, 6) is -1.15. The topological polar surface area (TPSA) is 109 Å². The van der Waals surface area contributed by atoms with Crippen LogP contribution in [0.25, 0.3) is 0 Å². The summed E-state index contributed by atoms with van der Waals surface area (Å²) < 4.78 is 0. The Morgan fingerprint density at radius 1 is 1.11 bits per heavy atom. The van der Waals surface area contributed by atoms with Gasteiger partial charge in [-0.1, -0.05) is 68.5 Å². The lowest BCUT2D eigenvalue weighted by atomic mass is 9.64. The van der Waals surface area contributed by atoms with Crippen LogP contribution in [0.1, 0.15) is 44.4 Å². The number of rotatable bonds is 14. The van der Waals surface area contributed by atoms with Gasteiger partial charge in [0.25, 0.3) is 0 Å². The molecule has 0 saturated carbocycles. The van der Waals surface area contributed by atoms with Gasteiger partial charge in [-0.2, -0.15) is 0 Å². The lowest BCUT2D eigenvalue weighted by molar-refractivity contribution is -0.132. The molecule has 0 radical (unpaired) electrons. The maximum Gasteiger partial charge on any atom is 0.249 e. The first-order valence-corrected chi connectivity index (χ1v) is 13.2. The number of amides is 2. The Bertz CT molecular complexity index is 1060. The first kappa shape index (κ1) is 28.3. The summed E-state index contributed by atoms with van der Waals surface area (Å²) in [6.07, 6.45) is 8.47. The van der Waals surface area contributed by atoms with Crippen LogP contribution >= 0.6 is 0 Å². The van der Waals surface area contributed by atoms with Crippen LogP contribution in [0.4, 0.5) is 0 Å². The molecule has 0 spiro atoms. The molecule has 0 saturated heterocycles. The third kappa shape index (κ3) is 7.37. The molecule has 198 valence electrons. The number of carbonyl (C=O) groups excluding carboxylic acids is 2. The zero-order chi connectivity index (χ0) is 26.7. The van der Waals surface area contributed by atoms with Gasteiger partial charge in [0.05, 0.1) is 17.2 Å². The summed E-state index contributed by atoms with van der Waals surface area (Å²) in [6.45, 7) is 6.14. The summed E-state index contributed by atoms with van der Waals surface area (Å²) in [5.41, 5.74) is 7.29. The van der Waals surface area contributed by atoms with Gasteiger partial charge in [-0.05, 0) is 43.4 Å². The number of primary amides is 1. The molecule has 1 unspecified atom stereocenters. The van der Waals surface area contributed by atoms with Crippen LogP contribution in [-0.4, -0.2) is 52.5 Å². The Labute approximate surface area is 220 Å². The number of aliphatic hydroxyl groups excluding tert-OH is 1. The fourth-order valence-corrected chi connectivity index (χ4v) is 5.10. The first-order valence-electron chi connectivity index (χ1n) is 13.2. The first-order chi connectivity index (χ1) is 17.9. The van der Waals surface area contributed by atoms with Gasteiger partial charge in [0.2, 0.25) is 11.8 Å². The molecule has 4 N–H and O–H groups in total. The van der Waals surface area contributed by atoms with Crippen LogP contribution in [0.15, 0.2) is 78.5 Å². The fourth-order valence-electron chi connectivity index (χ4n) is 5.10. The monoisotopic (exact) mass is 504 g/mol. The summed E-state index contributed by atoms with van der Waals surface area (Å²) in [7, 11) is 0. The highest BCUT2D eigenvalue weighted by Crippen LogP contribution is 2.43. The average molecular weight is 505 g/mol. The van der Waals surface area contributed by atoms with Crippen LogP contribution in [0.2, 0.25) is 0 Å². The van der Waals surface area contributed by atoms with Crippen molar-refractivity contribution in [2.75, 3.05) is 19.6 Å². The minimum atomic E-state index is -1.20. The van der Waals surface area contributed by atoms with Gasteiger partial charge in [0, 0.05) is 43.9 Å². The molecule has 0 bridgehead atoms. The Morgan fingerprint density at radius 2 is 1.81 bits per heavy atom. The number of benzene rings is 1. The Balaban J connectivity index is 1.88. The predicted octanol–water partition coefficient (Wildman–Crippen LogP) is 3.40. The Morgan fingerprint density at radius 3 is 2.43 bits per heavy atom. The number of aliphatic hydroxyl groups is 1. The van der Waals surface area contributed by atoms with Crippen molar-refractivity contribution in [1.82, 2.24) is 15.2 Å². The SMILES string of the molecule is CCCN(CCC)C(=O)C1=CC=CC(C(N)=O)([C@H](Cc2ccccc2)[C@@H](O)CNCc2ccccn2)C1. The molecule has 7 heteroatoms.